The predicted molar refractivity (Wildman–Crippen MR) is 173 cm³/mol. The molecule has 1 aliphatic carbocycles. The number of ether oxygens (including phenoxy) is 2. The normalized spacial score (nSPS) is 20.9. The summed E-state index contributed by atoms with van der Waals surface area (Å²) in [5.41, 5.74) is 1.71. The lowest BCUT2D eigenvalue weighted by Crippen LogP contribution is -2.27. The third kappa shape index (κ3) is 15.2. The van der Waals surface area contributed by atoms with Crippen molar-refractivity contribution in [1.82, 2.24) is 0 Å². The molecule has 1 fully saturated rings. The number of benzene rings is 1. The number of hydrogen-bond donors (Lipinski definition) is 2. The van der Waals surface area contributed by atoms with E-state index < -0.39 is 18.3 Å². The molecule has 0 spiro atoms. The maximum absolute atomic E-state index is 13.0. The molecule has 242 valence electrons. The van der Waals surface area contributed by atoms with E-state index in [4.69, 9.17) is 9.47 Å². The average Bonchev–Trinajstić information content (AvgIpc) is 3.27. The van der Waals surface area contributed by atoms with E-state index in [1.807, 2.05) is 32.0 Å². The SMILES string of the molecule is C=C(CCCCCCCC)C(=O)O[C@@H]1C[C@H](O)[C@H](C/C=C\CCCC(=O)OC(C)C)[C@H]1CC[C@@H](O)CCc1ccccc1. The number of aryl methyl sites for hydroxylation is 1. The number of carbonyl (C=O) groups excluding carboxylic acids is 2. The van der Waals surface area contributed by atoms with E-state index in [0.717, 1.165) is 25.7 Å². The van der Waals surface area contributed by atoms with Gasteiger partial charge in [0.15, 0.2) is 0 Å². The van der Waals surface area contributed by atoms with E-state index >= 15 is 0 Å². The van der Waals surface area contributed by atoms with Crippen molar-refractivity contribution in [2.75, 3.05) is 0 Å². The number of aliphatic hydroxyl groups excluding tert-OH is 2. The van der Waals surface area contributed by atoms with Crippen LogP contribution in [-0.4, -0.2) is 46.6 Å². The van der Waals surface area contributed by atoms with E-state index in [2.05, 4.69) is 37.8 Å². The minimum absolute atomic E-state index is 0.0437. The van der Waals surface area contributed by atoms with Gasteiger partial charge in [-0.3, -0.25) is 4.79 Å². The summed E-state index contributed by atoms with van der Waals surface area (Å²) in [6.45, 7) is 9.90. The van der Waals surface area contributed by atoms with Gasteiger partial charge in [-0.1, -0.05) is 88.1 Å². The van der Waals surface area contributed by atoms with E-state index in [1.54, 1.807) is 0 Å². The lowest BCUT2D eigenvalue weighted by atomic mass is 9.85. The van der Waals surface area contributed by atoms with E-state index in [-0.39, 0.29) is 29.9 Å². The van der Waals surface area contributed by atoms with Gasteiger partial charge in [-0.15, -0.1) is 0 Å². The Morgan fingerprint density at radius 3 is 2.42 bits per heavy atom. The number of aliphatic hydroxyl groups is 2. The van der Waals surface area contributed by atoms with Gasteiger partial charge in [0.2, 0.25) is 0 Å². The van der Waals surface area contributed by atoms with Crippen molar-refractivity contribution in [1.29, 1.82) is 0 Å². The zero-order chi connectivity index (χ0) is 31.5. The Morgan fingerprint density at radius 2 is 1.70 bits per heavy atom. The topological polar surface area (TPSA) is 93.1 Å². The van der Waals surface area contributed by atoms with Crippen molar-refractivity contribution in [3.8, 4) is 0 Å². The van der Waals surface area contributed by atoms with Crippen molar-refractivity contribution < 1.29 is 29.3 Å². The van der Waals surface area contributed by atoms with Crippen LogP contribution in [0.15, 0.2) is 54.6 Å². The number of allylic oxidation sites excluding steroid dienone is 2. The fourth-order valence-corrected chi connectivity index (χ4v) is 6.02. The molecule has 1 aromatic rings. The van der Waals surface area contributed by atoms with Crippen LogP contribution in [0.1, 0.15) is 123 Å². The van der Waals surface area contributed by atoms with Gasteiger partial charge in [0.05, 0.1) is 18.3 Å². The monoisotopic (exact) mass is 598 g/mol. The molecule has 0 radical (unpaired) electrons. The van der Waals surface area contributed by atoms with E-state index in [9.17, 15) is 19.8 Å². The Balaban J connectivity index is 1.92. The smallest absolute Gasteiger partial charge is 0.333 e. The Labute approximate surface area is 260 Å². The molecule has 0 heterocycles. The summed E-state index contributed by atoms with van der Waals surface area (Å²) >= 11 is 0. The second-order valence-electron chi connectivity index (χ2n) is 12.6. The Bertz CT molecular complexity index is 955. The molecule has 0 aliphatic heterocycles. The van der Waals surface area contributed by atoms with Crippen LogP contribution in [0.4, 0.5) is 0 Å². The van der Waals surface area contributed by atoms with Gasteiger partial charge in [-0.05, 0) is 83.1 Å². The molecule has 43 heavy (non-hydrogen) atoms. The standard InChI is InChI=1S/C37H58O6/c1-5-6-7-8-9-13-18-29(4)37(41)43-35-27-34(39)32(21-16-10-11-17-22-36(40)42-28(2)3)33(35)26-25-31(38)24-23-30-19-14-12-15-20-30/h10,12,14-16,19-20,28,31-35,38-39H,4-9,11,13,17-18,21-27H2,1-3H3/b16-10-/t31-,32+,33+,34-,35+/m0/s1. The Morgan fingerprint density at radius 1 is 0.977 bits per heavy atom. The van der Waals surface area contributed by atoms with Crippen LogP contribution >= 0.6 is 0 Å². The van der Waals surface area contributed by atoms with Gasteiger partial charge in [-0.25, -0.2) is 4.79 Å². The number of rotatable bonds is 22. The van der Waals surface area contributed by atoms with Crippen LogP contribution in [0.2, 0.25) is 0 Å². The molecule has 2 N–H and O–H groups in total. The van der Waals surface area contributed by atoms with Crippen molar-refractivity contribution in [2.24, 2.45) is 11.8 Å². The highest BCUT2D eigenvalue weighted by Gasteiger charge is 2.43. The van der Waals surface area contributed by atoms with E-state index in [1.165, 1.54) is 31.2 Å². The van der Waals surface area contributed by atoms with E-state index in [0.29, 0.717) is 56.9 Å². The lowest BCUT2D eigenvalue weighted by Gasteiger charge is -2.26. The van der Waals surface area contributed by atoms with Crippen molar-refractivity contribution >= 4 is 11.9 Å². The molecule has 5 atom stereocenters. The largest absolute Gasteiger partial charge is 0.463 e. The summed E-state index contributed by atoms with van der Waals surface area (Å²) in [6.07, 6.45) is 15.8. The van der Waals surface area contributed by atoms with Crippen LogP contribution < -0.4 is 0 Å². The molecular formula is C37H58O6. The highest BCUT2D eigenvalue weighted by molar-refractivity contribution is 5.87. The van der Waals surface area contributed by atoms with Crippen LogP contribution in [0.3, 0.4) is 0 Å². The van der Waals surface area contributed by atoms with Gasteiger partial charge in [-0.2, -0.15) is 0 Å². The van der Waals surface area contributed by atoms with Gasteiger partial charge in [0.25, 0.3) is 0 Å². The molecule has 0 saturated heterocycles. The second-order valence-corrected chi connectivity index (χ2v) is 12.6. The molecule has 0 aromatic heterocycles. The predicted octanol–water partition coefficient (Wildman–Crippen LogP) is 8.04. The molecule has 2 rings (SSSR count). The van der Waals surface area contributed by atoms with Crippen LogP contribution in [-0.2, 0) is 25.5 Å². The molecule has 6 heteroatoms. The molecule has 0 amide bonds. The summed E-state index contributed by atoms with van der Waals surface area (Å²) in [4.78, 5) is 24.7. The highest BCUT2D eigenvalue weighted by Crippen LogP contribution is 2.40. The summed E-state index contributed by atoms with van der Waals surface area (Å²) < 4.78 is 11.2. The molecule has 1 aliphatic rings. The number of carbonyl (C=O) groups is 2. The third-order valence-electron chi connectivity index (χ3n) is 8.51. The van der Waals surface area contributed by atoms with Crippen molar-refractivity contribution in [3.63, 3.8) is 0 Å². The Hall–Kier alpha value is -2.44. The summed E-state index contributed by atoms with van der Waals surface area (Å²) in [7, 11) is 0. The maximum Gasteiger partial charge on any atom is 0.333 e. The average molecular weight is 599 g/mol. The first kappa shape index (κ1) is 36.8. The highest BCUT2D eigenvalue weighted by atomic mass is 16.5. The third-order valence-corrected chi connectivity index (χ3v) is 8.51. The first-order valence-electron chi connectivity index (χ1n) is 16.8. The summed E-state index contributed by atoms with van der Waals surface area (Å²) in [5.74, 6) is -0.640. The van der Waals surface area contributed by atoms with Gasteiger partial charge >= 0.3 is 11.9 Å². The molecule has 1 saturated carbocycles. The fourth-order valence-electron chi connectivity index (χ4n) is 6.02. The molecular weight excluding hydrogens is 540 g/mol. The number of unbranched alkanes of at least 4 members (excludes halogenated alkanes) is 6. The second kappa shape index (κ2) is 21.3. The molecule has 0 unspecified atom stereocenters. The minimum atomic E-state index is -0.582. The maximum atomic E-state index is 13.0. The van der Waals surface area contributed by atoms with Crippen molar-refractivity contribution in [2.45, 2.75) is 148 Å². The van der Waals surface area contributed by atoms with Crippen LogP contribution in [0, 0.1) is 11.8 Å². The zero-order valence-corrected chi connectivity index (χ0v) is 27.1. The summed E-state index contributed by atoms with van der Waals surface area (Å²) in [6, 6.07) is 10.2. The first-order chi connectivity index (χ1) is 20.7. The molecule has 6 nitrogen and oxygen atoms in total. The van der Waals surface area contributed by atoms with Gasteiger partial charge in [0, 0.05) is 24.3 Å². The van der Waals surface area contributed by atoms with Crippen LogP contribution in [0.5, 0.6) is 0 Å². The van der Waals surface area contributed by atoms with Crippen molar-refractivity contribution in [3.05, 3.63) is 60.2 Å². The first-order valence-corrected chi connectivity index (χ1v) is 16.8. The molecule has 0 bridgehead atoms. The quantitative estimate of drug-likeness (QED) is 0.0607. The minimum Gasteiger partial charge on any atom is -0.463 e. The van der Waals surface area contributed by atoms with Gasteiger partial charge in [0.1, 0.15) is 6.10 Å². The van der Waals surface area contributed by atoms with Gasteiger partial charge < -0.3 is 19.7 Å². The zero-order valence-electron chi connectivity index (χ0n) is 27.1. The summed E-state index contributed by atoms with van der Waals surface area (Å²) in [5, 5.41) is 21.8. The lowest BCUT2D eigenvalue weighted by molar-refractivity contribution is -0.148. The molecule has 1 aromatic carbocycles. The number of esters is 2. The Kier molecular flexibility index (Phi) is 18.2. The number of hydrogen-bond acceptors (Lipinski definition) is 6. The van der Waals surface area contributed by atoms with Crippen LogP contribution in [0.25, 0.3) is 0 Å². The fraction of sp³-hybridized carbons (Fsp3) is 0.676.